The molecule has 0 N–H and O–H groups in total. The largest absolute Gasteiger partial charge is 0.469 e. The summed E-state index contributed by atoms with van der Waals surface area (Å²) in [4.78, 5) is 26.0. The fourth-order valence-corrected chi connectivity index (χ4v) is 3.88. The zero-order chi connectivity index (χ0) is 23.4. The fourth-order valence-electron chi connectivity index (χ4n) is 3.53. The molecule has 5 nitrogen and oxygen atoms in total. The number of halogens is 1. The van der Waals surface area contributed by atoms with E-state index in [2.05, 4.69) is 5.10 Å². The van der Waals surface area contributed by atoms with Gasteiger partial charge in [0, 0.05) is 22.7 Å². The van der Waals surface area contributed by atoms with Gasteiger partial charge in [0.2, 0.25) is 5.88 Å². The Morgan fingerprint density at radius 3 is 2.34 bits per heavy atom. The number of nitrogens with zero attached hydrogens (tertiary/aromatic N) is 2. The third-order valence-corrected chi connectivity index (χ3v) is 5.87. The van der Waals surface area contributed by atoms with Gasteiger partial charge in [-0.05, 0) is 63.5 Å². The fraction of sp³-hybridized carbons (Fsp3) is 0.269. The number of carbonyl (C=O) groups is 2. The molecule has 32 heavy (non-hydrogen) atoms. The highest BCUT2D eigenvalue weighted by atomic mass is 35.5. The second-order valence-electron chi connectivity index (χ2n) is 7.81. The van der Waals surface area contributed by atoms with Gasteiger partial charge in [-0.3, -0.25) is 9.59 Å². The van der Waals surface area contributed by atoms with E-state index in [1.54, 1.807) is 41.1 Å². The Kier molecular flexibility index (Phi) is 7.31. The van der Waals surface area contributed by atoms with E-state index in [9.17, 15) is 9.59 Å². The maximum absolute atomic E-state index is 13.5. The Bertz CT molecular complexity index is 1190. The van der Waals surface area contributed by atoms with Crippen LogP contribution in [0.15, 0.2) is 54.2 Å². The first-order valence-electron chi connectivity index (χ1n) is 10.5. The van der Waals surface area contributed by atoms with Gasteiger partial charge in [-0.15, -0.1) is 0 Å². The van der Waals surface area contributed by atoms with Crippen LogP contribution < -0.4 is 4.74 Å². The smallest absolute Gasteiger partial charge is 0.223 e. The van der Waals surface area contributed by atoms with E-state index in [1.165, 1.54) is 6.20 Å². The minimum absolute atomic E-state index is 0.169. The van der Waals surface area contributed by atoms with Crippen molar-refractivity contribution in [1.82, 2.24) is 9.78 Å². The molecule has 3 rings (SSSR count). The van der Waals surface area contributed by atoms with Crippen LogP contribution in [0, 0.1) is 6.92 Å². The third-order valence-electron chi connectivity index (χ3n) is 5.55. The number of ketones is 2. The van der Waals surface area contributed by atoms with Crippen LogP contribution in [0.4, 0.5) is 0 Å². The molecule has 0 atom stereocenters. The average molecular weight is 451 g/mol. The topological polar surface area (TPSA) is 61.2 Å². The van der Waals surface area contributed by atoms with Crippen molar-refractivity contribution < 1.29 is 14.3 Å². The minimum Gasteiger partial charge on any atom is -0.469 e. The molecule has 0 aliphatic rings. The molecule has 1 heterocycles. The quantitative estimate of drug-likeness (QED) is 0.385. The van der Waals surface area contributed by atoms with Gasteiger partial charge < -0.3 is 4.74 Å². The Balaban J connectivity index is 1.97. The van der Waals surface area contributed by atoms with Gasteiger partial charge in [-0.25, -0.2) is 4.68 Å². The number of aromatic nitrogens is 2. The number of benzene rings is 2. The predicted octanol–water partition coefficient (Wildman–Crippen LogP) is 6.17. The van der Waals surface area contributed by atoms with Crippen molar-refractivity contribution in [2.75, 3.05) is 6.61 Å². The van der Waals surface area contributed by atoms with Crippen LogP contribution in [0.3, 0.4) is 0 Å². The van der Waals surface area contributed by atoms with Crippen LogP contribution in [0.2, 0.25) is 5.02 Å². The van der Waals surface area contributed by atoms with Crippen molar-refractivity contribution >= 4 is 28.7 Å². The van der Waals surface area contributed by atoms with E-state index < -0.39 is 0 Å². The molecule has 0 unspecified atom stereocenters. The molecule has 0 aliphatic carbocycles. The number of Topliss-reactive ketones (excluding diaryl/α,β-unsaturated/α-hetero) is 1. The molecule has 0 aliphatic heterocycles. The van der Waals surface area contributed by atoms with Crippen LogP contribution in [-0.4, -0.2) is 28.0 Å². The minimum atomic E-state index is -0.219. The van der Waals surface area contributed by atoms with Crippen LogP contribution in [0.5, 0.6) is 5.88 Å². The van der Waals surface area contributed by atoms with E-state index in [-0.39, 0.29) is 24.1 Å². The standard InChI is InChI=1S/C26H27ClN2O3/c1-6-29-26(32-15-23(30)19-10-8-7-9-11-19)21(14-28-29)25(31)20-12-13-22(27)24(18(20)5)17(4)16(2)3/h7-14H,6,15H2,1-5H3. The molecule has 0 saturated heterocycles. The van der Waals surface area contributed by atoms with E-state index in [0.717, 1.165) is 22.3 Å². The number of hydrogen-bond donors (Lipinski definition) is 0. The van der Waals surface area contributed by atoms with Gasteiger partial charge >= 0.3 is 0 Å². The van der Waals surface area contributed by atoms with Crippen LogP contribution in [0.25, 0.3) is 5.57 Å². The van der Waals surface area contributed by atoms with Crippen molar-refractivity contribution in [3.63, 3.8) is 0 Å². The molecular weight excluding hydrogens is 424 g/mol. The van der Waals surface area contributed by atoms with Crippen LogP contribution in [-0.2, 0) is 6.54 Å². The SMILES string of the molecule is CCn1ncc(C(=O)c2ccc(Cl)c(C(C)=C(C)C)c2C)c1OCC(=O)c1ccccc1. The highest BCUT2D eigenvalue weighted by Gasteiger charge is 2.24. The molecule has 3 aromatic rings. The lowest BCUT2D eigenvalue weighted by Gasteiger charge is -2.15. The molecular formula is C26H27ClN2O3. The monoisotopic (exact) mass is 450 g/mol. The lowest BCUT2D eigenvalue weighted by atomic mass is 9.92. The average Bonchev–Trinajstić information content (AvgIpc) is 3.20. The second kappa shape index (κ2) is 9.96. The van der Waals surface area contributed by atoms with Gasteiger partial charge in [0.05, 0.1) is 6.20 Å². The first-order valence-corrected chi connectivity index (χ1v) is 10.9. The van der Waals surface area contributed by atoms with Crippen molar-refractivity contribution in [2.24, 2.45) is 0 Å². The summed E-state index contributed by atoms with van der Waals surface area (Å²) < 4.78 is 7.41. The summed E-state index contributed by atoms with van der Waals surface area (Å²) >= 11 is 6.47. The van der Waals surface area contributed by atoms with Crippen molar-refractivity contribution in [3.05, 3.63) is 87.1 Å². The number of aryl methyl sites for hydroxylation is 1. The Morgan fingerprint density at radius 2 is 1.72 bits per heavy atom. The molecule has 1 aromatic heterocycles. The molecule has 6 heteroatoms. The summed E-state index contributed by atoms with van der Waals surface area (Å²) in [6.45, 7) is 10.1. The van der Waals surface area contributed by atoms with Crippen molar-refractivity contribution in [2.45, 2.75) is 41.2 Å². The summed E-state index contributed by atoms with van der Waals surface area (Å²) in [5, 5.41) is 4.89. The summed E-state index contributed by atoms with van der Waals surface area (Å²) in [6.07, 6.45) is 1.50. The first-order chi connectivity index (χ1) is 15.3. The molecule has 166 valence electrons. The molecule has 0 saturated carbocycles. The Labute approximate surface area is 193 Å². The number of ether oxygens (including phenoxy) is 1. The molecule has 0 bridgehead atoms. The Hall–Kier alpha value is -3.18. The zero-order valence-electron chi connectivity index (χ0n) is 19.0. The molecule has 2 aromatic carbocycles. The molecule has 0 fully saturated rings. The normalized spacial score (nSPS) is 10.7. The van der Waals surface area contributed by atoms with Crippen molar-refractivity contribution in [3.8, 4) is 5.88 Å². The Morgan fingerprint density at radius 1 is 1.03 bits per heavy atom. The van der Waals surface area contributed by atoms with Crippen molar-refractivity contribution in [1.29, 1.82) is 0 Å². The van der Waals surface area contributed by atoms with Gasteiger partial charge in [0.25, 0.3) is 0 Å². The summed E-state index contributed by atoms with van der Waals surface area (Å²) in [5.74, 6) is -0.0996. The van der Waals surface area contributed by atoms with E-state index >= 15 is 0 Å². The lowest BCUT2D eigenvalue weighted by Crippen LogP contribution is -2.16. The maximum Gasteiger partial charge on any atom is 0.223 e. The lowest BCUT2D eigenvalue weighted by molar-refractivity contribution is 0.0907. The molecule has 0 amide bonds. The first kappa shape index (κ1) is 23.5. The number of rotatable bonds is 8. The maximum atomic E-state index is 13.5. The van der Waals surface area contributed by atoms with E-state index in [4.69, 9.17) is 16.3 Å². The summed E-state index contributed by atoms with van der Waals surface area (Å²) in [6, 6.07) is 12.4. The van der Waals surface area contributed by atoms with Gasteiger partial charge in [-0.1, -0.05) is 47.5 Å². The van der Waals surface area contributed by atoms with E-state index in [0.29, 0.717) is 28.3 Å². The van der Waals surface area contributed by atoms with Crippen LogP contribution in [0.1, 0.15) is 65.1 Å². The molecule has 0 radical (unpaired) electrons. The van der Waals surface area contributed by atoms with Gasteiger partial charge in [0.15, 0.2) is 18.2 Å². The summed E-state index contributed by atoms with van der Waals surface area (Å²) in [5.41, 5.74) is 5.23. The predicted molar refractivity (Wildman–Crippen MR) is 128 cm³/mol. The van der Waals surface area contributed by atoms with Crippen LogP contribution >= 0.6 is 11.6 Å². The number of carbonyl (C=O) groups excluding carboxylic acids is 2. The number of hydrogen-bond acceptors (Lipinski definition) is 4. The number of allylic oxidation sites excluding steroid dienone is 2. The summed E-state index contributed by atoms with van der Waals surface area (Å²) in [7, 11) is 0. The molecule has 0 spiro atoms. The third kappa shape index (κ3) is 4.68. The zero-order valence-corrected chi connectivity index (χ0v) is 19.8. The second-order valence-corrected chi connectivity index (χ2v) is 8.21. The van der Waals surface area contributed by atoms with Gasteiger partial charge in [0.1, 0.15) is 5.56 Å². The highest BCUT2D eigenvalue weighted by Crippen LogP contribution is 2.33. The van der Waals surface area contributed by atoms with Gasteiger partial charge in [-0.2, -0.15) is 5.10 Å². The highest BCUT2D eigenvalue weighted by molar-refractivity contribution is 6.32. The van der Waals surface area contributed by atoms with E-state index in [1.807, 2.05) is 40.7 Å².